The van der Waals surface area contributed by atoms with Crippen LogP contribution in [0.15, 0.2) is 28.7 Å². The normalized spacial score (nSPS) is 16.8. The number of aliphatic carboxylic acids is 1. The highest BCUT2D eigenvalue weighted by atomic mass is 16.5. The van der Waals surface area contributed by atoms with E-state index in [9.17, 15) is 9.59 Å². The maximum absolute atomic E-state index is 12.2. The molecule has 3 rings (SSSR count). The van der Waals surface area contributed by atoms with E-state index in [4.69, 9.17) is 14.3 Å². The third-order valence-corrected chi connectivity index (χ3v) is 4.44. The molecular formula is C17H21N3O5. The van der Waals surface area contributed by atoms with Gasteiger partial charge in [0.15, 0.2) is 11.7 Å². The Morgan fingerprint density at radius 1 is 1.40 bits per heavy atom. The number of nitrogens with one attached hydrogen (secondary N) is 1. The molecule has 0 spiro atoms. The largest absolute Gasteiger partial charge is 0.479 e. The summed E-state index contributed by atoms with van der Waals surface area (Å²) in [6.45, 7) is 1.30. The van der Waals surface area contributed by atoms with E-state index >= 15 is 0 Å². The first-order valence-electron chi connectivity index (χ1n) is 8.22. The van der Waals surface area contributed by atoms with Gasteiger partial charge in [-0.05, 0) is 25.0 Å². The zero-order valence-electron chi connectivity index (χ0n) is 14.0. The summed E-state index contributed by atoms with van der Waals surface area (Å²) >= 11 is 0. The number of benzene rings is 1. The number of para-hydroxylation sites is 2. The van der Waals surface area contributed by atoms with Gasteiger partial charge in [0.1, 0.15) is 5.52 Å². The quantitative estimate of drug-likeness (QED) is 0.810. The first-order chi connectivity index (χ1) is 12.1. The predicted octanol–water partition coefficient (Wildman–Crippen LogP) is 1.26. The molecule has 0 aliphatic carbocycles. The minimum Gasteiger partial charge on any atom is -0.479 e. The average molecular weight is 347 g/mol. The van der Waals surface area contributed by atoms with Gasteiger partial charge in [-0.25, -0.2) is 4.79 Å². The molecule has 8 heteroatoms. The molecule has 1 amide bonds. The molecule has 134 valence electrons. The maximum atomic E-state index is 12.2. The zero-order valence-corrected chi connectivity index (χ0v) is 14.0. The van der Waals surface area contributed by atoms with E-state index in [1.807, 2.05) is 29.2 Å². The topological polar surface area (TPSA) is 105 Å². The van der Waals surface area contributed by atoms with E-state index < -0.39 is 12.1 Å². The lowest BCUT2D eigenvalue weighted by Gasteiger charge is -2.30. The standard InChI is InChI=1S/C17H21N3O5/c1-24-14(16(22)23)10-18-15(21)11-6-8-20(9-7-11)17-19-12-4-2-3-5-13(12)25-17/h2-5,11,14H,6-10H2,1H3,(H,18,21)(H,22,23). The van der Waals surface area contributed by atoms with Crippen molar-refractivity contribution in [3.8, 4) is 0 Å². The fourth-order valence-electron chi connectivity index (χ4n) is 2.94. The van der Waals surface area contributed by atoms with E-state index in [1.165, 1.54) is 7.11 Å². The number of anilines is 1. The molecule has 1 fully saturated rings. The molecule has 8 nitrogen and oxygen atoms in total. The molecule has 1 aliphatic rings. The van der Waals surface area contributed by atoms with Crippen LogP contribution in [0.3, 0.4) is 0 Å². The van der Waals surface area contributed by atoms with Crippen molar-refractivity contribution in [2.24, 2.45) is 5.92 Å². The van der Waals surface area contributed by atoms with E-state index in [2.05, 4.69) is 10.3 Å². The monoisotopic (exact) mass is 347 g/mol. The summed E-state index contributed by atoms with van der Waals surface area (Å²) in [5.41, 5.74) is 1.56. The molecule has 1 atom stereocenters. The van der Waals surface area contributed by atoms with Crippen LogP contribution in [0.1, 0.15) is 12.8 Å². The van der Waals surface area contributed by atoms with Crippen LogP contribution < -0.4 is 10.2 Å². The Labute approximate surface area is 144 Å². The summed E-state index contributed by atoms with van der Waals surface area (Å²) in [5.74, 6) is -1.37. The van der Waals surface area contributed by atoms with Gasteiger partial charge in [-0.3, -0.25) is 4.79 Å². The van der Waals surface area contributed by atoms with E-state index in [0.717, 1.165) is 11.1 Å². The van der Waals surface area contributed by atoms with Crippen molar-refractivity contribution in [2.45, 2.75) is 18.9 Å². The fourth-order valence-corrected chi connectivity index (χ4v) is 2.94. The van der Waals surface area contributed by atoms with Crippen LogP contribution in [-0.4, -0.2) is 54.8 Å². The molecule has 0 saturated carbocycles. The molecule has 2 N–H and O–H groups in total. The van der Waals surface area contributed by atoms with Crippen LogP contribution in [-0.2, 0) is 14.3 Å². The van der Waals surface area contributed by atoms with Gasteiger partial charge in [-0.2, -0.15) is 4.98 Å². The van der Waals surface area contributed by atoms with Crippen LogP contribution >= 0.6 is 0 Å². The van der Waals surface area contributed by atoms with Crippen molar-refractivity contribution in [2.75, 3.05) is 31.6 Å². The molecule has 1 saturated heterocycles. The number of carbonyl (C=O) groups excluding carboxylic acids is 1. The Hall–Kier alpha value is -2.61. The Bertz CT molecular complexity index is 719. The van der Waals surface area contributed by atoms with Crippen molar-refractivity contribution < 1.29 is 23.8 Å². The summed E-state index contributed by atoms with van der Waals surface area (Å²) in [6.07, 6.45) is 0.300. The fraction of sp³-hybridized carbons (Fsp3) is 0.471. The smallest absolute Gasteiger partial charge is 0.334 e. The van der Waals surface area contributed by atoms with Crippen LogP contribution in [0, 0.1) is 5.92 Å². The second-order valence-corrected chi connectivity index (χ2v) is 6.03. The van der Waals surface area contributed by atoms with Gasteiger partial charge < -0.3 is 24.5 Å². The van der Waals surface area contributed by atoms with Crippen molar-refractivity contribution >= 4 is 29.0 Å². The Balaban J connectivity index is 1.52. The van der Waals surface area contributed by atoms with Crippen LogP contribution in [0.25, 0.3) is 11.1 Å². The van der Waals surface area contributed by atoms with Gasteiger partial charge in [0.2, 0.25) is 5.91 Å². The van der Waals surface area contributed by atoms with Gasteiger partial charge in [0, 0.05) is 26.1 Å². The number of nitrogens with zero attached hydrogens (tertiary/aromatic N) is 2. The van der Waals surface area contributed by atoms with Crippen molar-refractivity contribution in [1.29, 1.82) is 0 Å². The molecule has 0 bridgehead atoms. The highest BCUT2D eigenvalue weighted by molar-refractivity contribution is 5.80. The number of amides is 1. The first-order valence-corrected chi connectivity index (χ1v) is 8.22. The third-order valence-electron chi connectivity index (χ3n) is 4.44. The number of ether oxygens (including phenoxy) is 1. The molecular weight excluding hydrogens is 326 g/mol. The minimum absolute atomic E-state index is 0.0317. The Morgan fingerprint density at radius 2 is 2.12 bits per heavy atom. The van der Waals surface area contributed by atoms with Crippen molar-refractivity contribution in [3.05, 3.63) is 24.3 Å². The number of hydrogen-bond donors (Lipinski definition) is 2. The lowest BCUT2D eigenvalue weighted by molar-refractivity contribution is -0.148. The minimum atomic E-state index is -1.09. The third kappa shape index (κ3) is 3.90. The van der Waals surface area contributed by atoms with Gasteiger partial charge in [0.05, 0.1) is 6.54 Å². The van der Waals surface area contributed by atoms with E-state index in [-0.39, 0.29) is 18.4 Å². The number of fused-ring (bicyclic) bond motifs is 1. The van der Waals surface area contributed by atoms with Gasteiger partial charge in [-0.1, -0.05) is 12.1 Å². The maximum Gasteiger partial charge on any atom is 0.334 e. The van der Waals surface area contributed by atoms with Crippen LogP contribution in [0.5, 0.6) is 0 Å². The van der Waals surface area contributed by atoms with E-state index in [1.54, 1.807) is 0 Å². The average Bonchev–Trinajstić information content (AvgIpc) is 3.06. The highest BCUT2D eigenvalue weighted by Crippen LogP contribution is 2.26. The van der Waals surface area contributed by atoms with Crippen LogP contribution in [0.2, 0.25) is 0 Å². The van der Waals surface area contributed by atoms with Gasteiger partial charge in [-0.15, -0.1) is 0 Å². The van der Waals surface area contributed by atoms with Crippen molar-refractivity contribution in [3.63, 3.8) is 0 Å². The SMILES string of the molecule is COC(CNC(=O)C1CCN(c2nc3ccccc3o2)CC1)C(=O)O. The summed E-state index contributed by atoms with van der Waals surface area (Å²) in [7, 11) is 1.31. The molecule has 2 aromatic rings. The molecule has 1 aromatic heterocycles. The Morgan fingerprint density at radius 3 is 2.76 bits per heavy atom. The van der Waals surface area contributed by atoms with E-state index in [0.29, 0.717) is 31.9 Å². The highest BCUT2D eigenvalue weighted by Gasteiger charge is 2.28. The number of piperidine rings is 1. The Kier molecular flexibility index (Phi) is 5.18. The number of methoxy groups -OCH3 is 1. The lowest BCUT2D eigenvalue weighted by atomic mass is 9.96. The number of carbonyl (C=O) groups is 2. The summed E-state index contributed by atoms with van der Waals surface area (Å²) in [6, 6.07) is 8.16. The number of aromatic nitrogens is 1. The van der Waals surface area contributed by atoms with Gasteiger partial charge in [0.25, 0.3) is 6.01 Å². The first kappa shape index (κ1) is 17.2. The molecule has 1 aromatic carbocycles. The molecule has 2 heterocycles. The second kappa shape index (κ2) is 7.52. The molecule has 0 radical (unpaired) electrons. The predicted molar refractivity (Wildman–Crippen MR) is 90.4 cm³/mol. The molecule has 25 heavy (non-hydrogen) atoms. The number of oxazole rings is 1. The van der Waals surface area contributed by atoms with Gasteiger partial charge >= 0.3 is 5.97 Å². The molecule has 1 aliphatic heterocycles. The number of carboxylic acid groups (broad SMARTS) is 1. The summed E-state index contributed by atoms with van der Waals surface area (Å²) in [5, 5.41) is 11.6. The number of hydrogen-bond acceptors (Lipinski definition) is 6. The zero-order chi connectivity index (χ0) is 17.8. The lowest BCUT2D eigenvalue weighted by Crippen LogP contribution is -2.44. The molecule has 1 unspecified atom stereocenters. The summed E-state index contributed by atoms with van der Waals surface area (Å²) < 4.78 is 10.6. The number of rotatable bonds is 6. The van der Waals surface area contributed by atoms with Crippen LogP contribution in [0.4, 0.5) is 6.01 Å². The van der Waals surface area contributed by atoms with Crippen molar-refractivity contribution in [1.82, 2.24) is 10.3 Å². The number of carboxylic acids is 1. The second-order valence-electron chi connectivity index (χ2n) is 6.03. The summed E-state index contributed by atoms with van der Waals surface area (Å²) in [4.78, 5) is 29.6.